The second kappa shape index (κ2) is 9.67. The molecule has 1 atom stereocenters. The molecule has 1 aromatic heterocycles. The van der Waals surface area contributed by atoms with E-state index in [1.54, 1.807) is 35.6 Å². The number of aromatic carboxylic acids is 1. The van der Waals surface area contributed by atoms with E-state index in [9.17, 15) is 9.59 Å². The number of hydrogen-bond acceptors (Lipinski definition) is 4. The van der Waals surface area contributed by atoms with Gasteiger partial charge in [0.25, 0.3) is 5.91 Å². The molecule has 1 amide bonds. The number of thiophene rings is 1. The molecule has 1 aliphatic heterocycles. The number of ether oxygens (including phenoxy) is 1. The fraction of sp³-hybridized carbons (Fsp3) is 0.308. The molecule has 1 aliphatic rings. The highest BCUT2D eigenvalue weighted by molar-refractivity contribution is 7.12. The summed E-state index contributed by atoms with van der Waals surface area (Å²) < 4.78 is 5.64. The second-order valence-corrected chi connectivity index (χ2v) is 9.26. The number of aryl methyl sites for hydroxylation is 1. The lowest BCUT2D eigenvalue weighted by atomic mass is 9.99. The van der Waals surface area contributed by atoms with E-state index < -0.39 is 5.97 Å². The van der Waals surface area contributed by atoms with Gasteiger partial charge in [-0.25, -0.2) is 4.79 Å². The number of nitrogens with one attached hydrogen (secondary N) is 1. The molecule has 2 N–H and O–H groups in total. The summed E-state index contributed by atoms with van der Waals surface area (Å²) in [6.07, 6.45) is 2.46. The van der Waals surface area contributed by atoms with Crippen LogP contribution in [0.3, 0.4) is 0 Å². The molecule has 6 heteroatoms. The lowest BCUT2D eigenvalue weighted by molar-refractivity contribution is 0.0696. The van der Waals surface area contributed by atoms with Crippen LogP contribution in [0, 0.1) is 0 Å². The Bertz CT molecular complexity index is 1120. The van der Waals surface area contributed by atoms with Crippen LogP contribution in [0.25, 0.3) is 0 Å². The molecular weight excluding hydrogens is 422 g/mol. The largest absolute Gasteiger partial charge is 0.478 e. The van der Waals surface area contributed by atoms with Crippen molar-refractivity contribution in [2.75, 3.05) is 6.61 Å². The molecule has 0 saturated heterocycles. The van der Waals surface area contributed by atoms with Crippen LogP contribution in [-0.2, 0) is 30.6 Å². The highest BCUT2D eigenvalue weighted by Crippen LogP contribution is 2.34. The van der Waals surface area contributed by atoms with Gasteiger partial charge in [0.1, 0.15) is 0 Å². The topological polar surface area (TPSA) is 75.6 Å². The van der Waals surface area contributed by atoms with E-state index in [1.165, 1.54) is 11.1 Å². The average molecular weight is 450 g/mol. The van der Waals surface area contributed by atoms with Gasteiger partial charge in [-0.05, 0) is 54.2 Å². The smallest absolute Gasteiger partial charge is 0.335 e. The number of hydrogen-bond donors (Lipinski definition) is 2. The molecular formula is C26H27NO4S. The normalized spacial score (nSPS) is 13.9. The van der Waals surface area contributed by atoms with Crippen molar-refractivity contribution in [3.63, 3.8) is 0 Å². The van der Waals surface area contributed by atoms with Gasteiger partial charge in [0.15, 0.2) is 0 Å². The Morgan fingerprint density at radius 3 is 2.44 bits per heavy atom. The lowest BCUT2D eigenvalue weighted by Gasteiger charge is -2.17. The van der Waals surface area contributed by atoms with Crippen molar-refractivity contribution in [1.82, 2.24) is 5.32 Å². The zero-order chi connectivity index (χ0) is 22.7. The molecule has 0 aliphatic carbocycles. The number of benzene rings is 2. The molecule has 4 rings (SSSR count). The summed E-state index contributed by atoms with van der Waals surface area (Å²) in [6, 6.07) is 15.0. The molecule has 0 radical (unpaired) electrons. The van der Waals surface area contributed by atoms with E-state index >= 15 is 0 Å². The van der Waals surface area contributed by atoms with E-state index in [4.69, 9.17) is 9.84 Å². The molecule has 5 nitrogen and oxygen atoms in total. The van der Waals surface area contributed by atoms with Gasteiger partial charge in [-0.2, -0.15) is 0 Å². The Morgan fingerprint density at radius 1 is 1.09 bits per heavy atom. The van der Waals surface area contributed by atoms with E-state index in [-0.39, 0.29) is 17.5 Å². The van der Waals surface area contributed by atoms with Gasteiger partial charge in [-0.3, -0.25) is 4.79 Å². The lowest BCUT2D eigenvalue weighted by Crippen LogP contribution is -2.28. The van der Waals surface area contributed by atoms with E-state index in [1.807, 2.05) is 6.92 Å². The fourth-order valence-corrected chi connectivity index (χ4v) is 5.35. The third kappa shape index (κ3) is 4.76. The predicted octanol–water partition coefficient (Wildman–Crippen LogP) is 5.16. The number of carbonyl (C=O) groups is 2. The summed E-state index contributed by atoms with van der Waals surface area (Å²) in [5.41, 5.74) is 5.47. The number of carboxylic acids is 1. The molecule has 3 aromatic rings. The zero-order valence-corrected chi connectivity index (χ0v) is 19.1. The van der Waals surface area contributed by atoms with Crippen molar-refractivity contribution < 1.29 is 19.4 Å². The van der Waals surface area contributed by atoms with Crippen LogP contribution in [0.5, 0.6) is 0 Å². The first kappa shape index (κ1) is 22.2. The number of carboxylic acid groups (broad SMARTS) is 1. The van der Waals surface area contributed by atoms with Crippen molar-refractivity contribution in [1.29, 1.82) is 0 Å². The summed E-state index contributed by atoms with van der Waals surface area (Å²) in [5.74, 6) is -1.05. The molecule has 0 fully saturated rings. The number of rotatable bonds is 7. The third-order valence-corrected chi connectivity index (χ3v) is 7.13. The van der Waals surface area contributed by atoms with Gasteiger partial charge in [0, 0.05) is 16.2 Å². The Morgan fingerprint density at radius 2 is 1.78 bits per heavy atom. The molecule has 0 bridgehead atoms. The maximum Gasteiger partial charge on any atom is 0.335 e. The Balaban J connectivity index is 1.58. The van der Waals surface area contributed by atoms with Crippen LogP contribution in [0.1, 0.15) is 72.6 Å². The Hall–Kier alpha value is -2.96. The average Bonchev–Trinajstić information content (AvgIpc) is 3.17. The van der Waals surface area contributed by atoms with E-state index in [0.717, 1.165) is 39.3 Å². The number of amides is 1. The molecule has 0 spiro atoms. The van der Waals surface area contributed by atoms with Gasteiger partial charge < -0.3 is 15.2 Å². The Kier molecular flexibility index (Phi) is 6.72. The van der Waals surface area contributed by atoms with Crippen molar-refractivity contribution in [2.45, 2.75) is 45.8 Å². The van der Waals surface area contributed by atoms with Gasteiger partial charge in [-0.15, -0.1) is 11.3 Å². The van der Waals surface area contributed by atoms with Crippen LogP contribution in [0.15, 0.2) is 48.5 Å². The minimum Gasteiger partial charge on any atom is -0.478 e. The van der Waals surface area contributed by atoms with Crippen molar-refractivity contribution in [2.24, 2.45) is 0 Å². The molecule has 0 saturated carbocycles. The van der Waals surface area contributed by atoms with Crippen LogP contribution < -0.4 is 5.32 Å². The number of fused-ring (bicyclic) bond motifs is 1. The van der Waals surface area contributed by atoms with Gasteiger partial charge >= 0.3 is 5.97 Å². The monoisotopic (exact) mass is 449 g/mol. The molecule has 1 unspecified atom stereocenters. The standard InChI is InChI=1S/C26H27NO4S/c1-3-17-4-6-18(7-5-17)14-22-24(21-12-13-31-15-23(21)32-22)25(28)27-16(2)19-8-10-20(11-9-19)26(29)30/h4-11,16H,3,12-15H2,1-2H3,(H,27,28)(H,29,30). The molecule has 2 heterocycles. The summed E-state index contributed by atoms with van der Waals surface area (Å²) in [5, 5.41) is 12.2. The van der Waals surface area contributed by atoms with Crippen LogP contribution in [0.2, 0.25) is 0 Å². The molecule has 2 aromatic carbocycles. The van der Waals surface area contributed by atoms with Gasteiger partial charge in [-0.1, -0.05) is 43.3 Å². The van der Waals surface area contributed by atoms with Crippen molar-refractivity contribution in [3.05, 3.63) is 91.7 Å². The zero-order valence-electron chi connectivity index (χ0n) is 18.3. The van der Waals surface area contributed by atoms with Gasteiger partial charge in [0.2, 0.25) is 0 Å². The molecule has 166 valence electrons. The first-order valence-corrected chi connectivity index (χ1v) is 11.7. The first-order valence-electron chi connectivity index (χ1n) is 10.9. The maximum atomic E-state index is 13.4. The summed E-state index contributed by atoms with van der Waals surface area (Å²) in [7, 11) is 0. The maximum absolute atomic E-state index is 13.4. The highest BCUT2D eigenvalue weighted by Gasteiger charge is 2.26. The van der Waals surface area contributed by atoms with Crippen molar-refractivity contribution in [3.8, 4) is 0 Å². The first-order chi connectivity index (χ1) is 15.5. The van der Waals surface area contributed by atoms with Crippen LogP contribution >= 0.6 is 11.3 Å². The summed E-state index contributed by atoms with van der Waals surface area (Å²) >= 11 is 1.67. The minimum atomic E-state index is -0.961. The summed E-state index contributed by atoms with van der Waals surface area (Å²) in [4.78, 5) is 26.7. The highest BCUT2D eigenvalue weighted by atomic mass is 32.1. The predicted molar refractivity (Wildman–Crippen MR) is 126 cm³/mol. The number of carbonyl (C=O) groups excluding carboxylic acids is 1. The van der Waals surface area contributed by atoms with Gasteiger partial charge in [0.05, 0.1) is 30.4 Å². The summed E-state index contributed by atoms with van der Waals surface area (Å²) in [6.45, 7) is 5.24. The minimum absolute atomic E-state index is 0.0839. The van der Waals surface area contributed by atoms with E-state index in [0.29, 0.717) is 19.6 Å². The third-order valence-electron chi connectivity index (χ3n) is 5.92. The SMILES string of the molecule is CCc1ccc(Cc2sc3c(c2C(=O)NC(C)c2ccc(C(=O)O)cc2)CCOC3)cc1. The quantitative estimate of drug-likeness (QED) is 0.522. The van der Waals surface area contributed by atoms with Crippen LogP contribution in [-0.4, -0.2) is 23.6 Å². The molecule has 32 heavy (non-hydrogen) atoms. The van der Waals surface area contributed by atoms with E-state index in [2.05, 4.69) is 36.5 Å². The Labute approximate surface area is 192 Å². The van der Waals surface area contributed by atoms with Crippen LogP contribution in [0.4, 0.5) is 0 Å². The second-order valence-electron chi connectivity index (χ2n) is 8.07. The van der Waals surface area contributed by atoms with Crippen molar-refractivity contribution >= 4 is 23.2 Å². The fourth-order valence-electron chi connectivity index (χ4n) is 4.02.